The number of benzene rings is 4. The standard InChI is InChI=1S/2C18H23NO3.C13H17NO2.C9H7ClO.C5H7ClO.C4H11NO/c2*1-3-15(2)18(21)22-14-8-7-13-19-17(20)12-11-16-9-5-4-6-10-16;15-11-5-4-10-14-13(16)9-8-12-6-2-1-3-7-12;10-9(11)7-6-8-4-2-1-3-5-8;1-3-4(2)5(6)7;5-3-1-2-4-6/h3-6,9-12H,7-8,13-14H2,1-2H3,(H,19,20);3-6,9-12,15H,1,7-8,13-14H2,2H3,(H,19,20);1-3,6-9,15H,4-5,10-11H2,(H,14,16);1-7H;3H,1-2H3;6H,1-5H2/b12-11+,15-3+;12-11+;9-8+;7-6+;4-3+;. The lowest BCUT2D eigenvalue weighted by Crippen LogP contribution is -2.22. The number of aliphatic hydroxyl groups excluding tert-OH is 2. The normalized spacial score (nSPS) is 11.1. The number of carbonyl (C=O) groups excluding carboxylic acids is 7. The van der Waals surface area contributed by atoms with Crippen molar-refractivity contribution in [3.05, 3.63) is 204 Å². The van der Waals surface area contributed by atoms with E-state index < -0.39 is 5.24 Å². The predicted molar refractivity (Wildman–Crippen MR) is 343 cm³/mol. The fourth-order valence-corrected chi connectivity index (χ4v) is 5.78. The van der Waals surface area contributed by atoms with Gasteiger partial charge in [0.15, 0.2) is 0 Å². The van der Waals surface area contributed by atoms with Crippen LogP contribution in [-0.2, 0) is 43.0 Å². The molecule has 0 aliphatic carbocycles. The number of carbonyl (C=O) groups is 7. The van der Waals surface area contributed by atoms with Crippen LogP contribution in [0.4, 0.5) is 0 Å². The summed E-state index contributed by atoms with van der Waals surface area (Å²) in [5.74, 6) is -1.15. The van der Waals surface area contributed by atoms with Crippen molar-refractivity contribution in [2.45, 2.75) is 86.0 Å². The number of halogens is 2. The number of rotatable bonds is 29. The van der Waals surface area contributed by atoms with Crippen LogP contribution in [0.2, 0.25) is 0 Å². The molecule has 1 atom stereocenters. The Labute approximate surface area is 508 Å². The number of ether oxygens (including phenoxy) is 2. The van der Waals surface area contributed by atoms with E-state index >= 15 is 0 Å². The SMILES string of the molecule is C/C=C(\C)C(=O)Cl.C/C=C(\C)C(=O)OCCCCNC(=O)/C=C/c1ccccc1.C=CC(C)C(=O)OCCCCNC(=O)/C=C/c1ccccc1.NCCCCO.O=C(/C=C/c1ccccc1)NCCCCO.O=C(Cl)/C=C/c1ccccc1. The molecule has 4 rings (SSSR count). The topological polar surface area (TPSA) is 241 Å². The van der Waals surface area contributed by atoms with Gasteiger partial charge in [-0.05, 0) is 162 Å². The van der Waals surface area contributed by atoms with Gasteiger partial charge in [0.05, 0.1) is 19.1 Å². The Morgan fingerprint density at radius 2 is 0.845 bits per heavy atom. The van der Waals surface area contributed by atoms with Gasteiger partial charge < -0.3 is 41.4 Å². The molecular weight excluding hydrogens is 1110 g/mol. The van der Waals surface area contributed by atoms with Gasteiger partial charge >= 0.3 is 11.9 Å². The van der Waals surface area contributed by atoms with Gasteiger partial charge in [0.25, 0.3) is 0 Å². The third-order valence-corrected chi connectivity index (χ3v) is 11.2. The molecule has 3 amide bonds. The summed E-state index contributed by atoms with van der Waals surface area (Å²) in [5, 5.41) is 24.2. The monoisotopic (exact) mass is 1190 g/mol. The van der Waals surface area contributed by atoms with Gasteiger partial charge in [-0.2, -0.15) is 0 Å². The number of hydrogen-bond donors (Lipinski definition) is 6. The number of unbranched alkanes of at least 4 members (excludes halogenated alkanes) is 4. The molecule has 0 heterocycles. The van der Waals surface area contributed by atoms with E-state index in [4.69, 9.17) is 48.6 Å². The third kappa shape index (κ3) is 50.0. The Hall–Kier alpha value is -7.79. The highest BCUT2D eigenvalue weighted by Crippen LogP contribution is 2.05. The van der Waals surface area contributed by atoms with Crippen molar-refractivity contribution in [1.82, 2.24) is 16.0 Å². The van der Waals surface area contributed by atoms with E-state index in [1.54, 1.807) is 77.2 Å². The molecule has 17 heteroatoms. The molecule has 0 fully saturated rings. The van der Waals surface area contributed by atoms with Crippen LogP contribution in [0.1, 0.15) is 108 Å². The lowest BCUT2D eigenvalue weighted by atomic mass is 10.2. The molecule has 0 radical (unpaired) electrons. The minimum Gasteiger partial charge on any atom is -0.465 e. The molecule has 84 heavy (non-hydrogen) atoms. The summed E-state index contributed by atoms with van der Waals surface area (Å²) in [7, 11) is 0. The molecule has 7 N–H and O–H groups in total. The number of esters is 2. The highest BCUT2D eigenvalue weighted by atomic mass is 35.5. The number of nitrogens with two attached hydrogens (primary N) is 1. The second-order valence-corrected chi connectivity index (χ2v) is 18.5. The Morgan fingerprint density at radius 3 is 1.13 bits per heavy atom. The minimum atomic E-state index is -0.450. The fourth-order valence-electron chi connectivity index (χ4n) is 5.60. The molecule has 0 bridgehead atoms. The van der Waals surface area contributed by atoms with Crippen LogP contribution in [0.5, 0.6) is 0 Å². The van der Waals surface area contributed by atoms with E-state index in [0.29, 0.717) is 50.5 Å². The zero-order chi connectivity index (χ0) is 62.9. The maximum Gasteiger partial charge on any atom is 0.333 e. The van der Waals surface area contributed by atoms with E-state index in [-0.39, 0.29) is 54.0 Å². The first-order valence-electron chi connectivity index (χ1n) is 27.8. The molecule has 0 aliphatic heterocycles. The van der Waals surface area contributed by atoms with Gasteiger partial charge in [-0.1, -0.05) is 146 Å². The quantitative estimate of drug-likeness (QED) is 0.00978. The lowest BCUT2D eigenvalue weighted by Gasteiger charge is -2.07. The van der Waals surface area contributed by atoms with Crippen molar-refractivity contribution in [3.63, 3.8) is 0 Å². The number of amides is 3. The molecule has 0 spiro atoms. The van der Waals surface area contributed by atoms with Crippen LogP contribution >= 0.6 is 23.2 Å². The van der Waals surface area contributed by atoms with E-state index in [2.05, 4.69) is 22.5 Å². The van der Waals surface area contributed by atoms with Crippen LogP contribution in [0.3, 0.4) is 0 Å². The van der Waals surface area contributed by atoms with Crippen LogP contribution in [-0.4, -0.2) is 103 Å². The summed E-state index contributed by atoms with van der Waals surface area (Å²) >= 11 is 10.1. The Bertz CT molecular complexity index is 2600. The first kappa shape index (κ1) is 78.3. The van der Waals surface area contributed by atoms with Gasteiger partial charge in [-0.3, -0.25) is 28.8 Å². The Morgan fingerprint density at radius 1 is 0.512 bits per heavy atom. The summed E-state index contributed by atoms with van der Waals surface area (Å²) in [4.78, 5) is 77.6. The summed E-state index contributed by atoms with van der Waals surface area (Å²) in [5.41, 5.74) is 10.3. The van der Waals surface area contributed by atoms with Gasteiger partial charge in [-0.15, -0.1) is 6.58 Å². The van der Waals surface area contributed by atoms with Crippen molar-refractivity contribution in [1.29, 1.82) is 0 Å². The summed E-state index contributed by atoms with van der Waals surface area (Å²) < 4.78 is 10.1. The van der Waals surface area contributed by atoms with Crippen molar-refractivity contribution >= 4 is 87.7 Å². The average Bonchev–Trinajstić information content (AvgIpc) is 3.53. The fraction of sp³-hybridized carbons (Fsp3) is 0.328. The van der Waals surface area contributed by atoms with Crippen LogP contribution in [0.15, 0.2) is 182 Å². The zero-order valence-corrected chi connectivity index (χ0v) is 50.9. The van der Waals surface area contributed by atoms with E-state index in [9.17, 15) is 33.6 Å². The van der Waals surface area contributed by atoms with Crippen molar-refractivity contribution in [2.24, 2.45) is 11.7 Å². The van der Waals surface area contributed by atoms with Gasteiger partial charge in [-0.25, -0.2) is 4.79 Å². The lowest BCUT2D eigenvalue weighted by molar-refractivity contribution is -0.146. The molecule has 4 aromatic carbocycles. The molecule has 0 saturated carbocycles. The molecule has 4 aromatic rings. The van der Waals surface area contributed by atoms with E-state index in [1.807, 2.05) is 121 Å². The van der Waals surface area contributed by atoms with Gasteiger partial charge in [0.2, 0.25) is 28.2 Å². The summed E-state index contributed by atoms with van der Waals surface area (Å²) in [6.45, 7) is 15.9. The third-order valence-electron chi connectivity index (χ3n) is 10.8. The predicted octanol–water partition coefficient (Wildman–Crippen LogP) is 11.6. The van der Waals surface area contributed by atoms with Crippen LogP contribution in [0.25, 0.3) is 24.3 Å². The smallest absolute Gasteiger partial charge is 0.333 e. The second kappa shape index (κ2) is 55.7. The van der Waals surface area contributed by atoms with Crippen LogP contribution in [0, 0.1) is 5.92 Å². The van der Waals surface area contributed by atoms with Crippen LogP contribution < -0.4 is 21.7 Å². The second-order valence-electron chi connectivity index (χ2n) is 17.8. The first-order valence-corrected chi connectivity index (χ1v) is 28.5. The Kier molecular flexibility index (Phi) is 51.9. The largest absolute Gasteiger partial charge is 0.465 e. The van der Waals surface area contributed by atoms with Gasteiger partial charge in [0.1, 0.15) is 0 Å². The van der Waals surface area contributed by atoms with Gasteiger partial charge in [0, 0.05) is 62.2 Å². The van der Waals surface area contributed by atoms with Crippen molar-refractivity contribution in [2.75, 3.05) is 52.6 Å². The number of aliphatic hydroxyl groups is 2. The van der Waals surface area contributed by atoms with E-state index in [1.165, 1.54) is 24.3 Å². The molecule has 15 nitrogen and oxygen atoms in total. The summed E-state index contributed by atoms with van der Waals surface area (Å²) in [6, 6.07) is 38.5. The molecule has 456 valence electrons. The number of hydrogen-bond acceptors (Lipinski definition) is 12. The molecule has 0 aliphatic rings. The number of nitrogens with one attached hydrogen (secondary N) is 3. The zero-order valence-electron chi connectivity index (χ0n) is 49.4. The maximum atomic E-state index is 11.6. The molecular formula is C67H88Cl2N4O11. The molecule has 0 saturated heterocycles. The number of allylic oxidation sites excluding steroid dienone is 4. The highest BCUT2D eigenvalue weighted by molar-refractivity contribution is 6.67. The first-order chi connectivity index (χ1) is 40.5. The van der Waals surface area contributed by atoms with Crippen molar-refractivity contribution < 1.29 is 53.2 Å². The summed E-state index contributed by atoms with van der Waals surface area (Å²) in [6.07, 6.45) is 24.1. The highest BCUT2D eigenvalue weighted by Gasteiger charge is 2.09. The molecule has 1 unspecified atom stereocenters. The maximum absolute atomic E-state index is 11.6. The Balaban J connectivity index is 0. The van der Waals surface area contributed by atoms with Crippen molar-refractivity contribution in [3.8, 4) is 0 Å². The molecule has 0 aromatic heterocycles. The van der Waals surface area contributed by atoms with E-state index in [0.717, 1.165) is 73.6 Å². The minimum absolute atomic E-state index is 0.0956. The average molecular weight is 1200 g/mol.